The lowest BCUT2D eigenvalue weighted by Crippen LogP contribution is -2.39. The smallest absolute Gasteiger partial charge is 0.225 e. The first kappa shape index (κ1) is 13.5. The van der Waals surface area contributed by atoms with Crippen LogP contribution < -0.4 is 5.32 Å². The number of rotatable bonds is 5. The maximum absolute atomic E-state index is 11.9. The zero-order valence-corrected chi connectivity index (χ0v) is 11.0. The maximum Gasteiger partial charge on any atom is 0.225 e. The first-order valence-corrected chi connectivity index (χ1v) is 6.63. The van der Waals surface area contributed by atoms with Crippen LogP contribution in [-0.4, -0.2) is 37.0 Å². The second-order valence-corrected chi connectivity index (χ2v) is 5.00. The number of nitrogens with one attached hydrogen (secondary N) is 1. The van der Waals surface area contributed by atoms with Gasteiger partial charge in [-0.2, -0.15) is 0 Å². The van der Waals surface area contributed by atoms with Crippen molar-refractivity contribution in [3.8, 4) is 0 Å². The van der Waals surface area contributed by atoms with Gasteiger partial charge in [0.05, 0.1) is 0 Å². The number of carbonyl (C=O) groups is 1. The van der Waals surface area contributed by atoms with Gasteiger partial charge in [-0.05, 0) is 32.2 Å². The molecule has 0 radical (unpaired) electrons. The Hall–Kier alpha value is -0.570. The zero-order valence-electron chi connectivity index (χ0n) is 11.0. The molecular formula is C13H26N2O. The van der Waals surface area contributed by atoms with Crippen LogP contribution in [0, 0.1) is 5.92 Å². The maximum atomic E-state index is 11.9. The molecule has 1 rings (SSSR count). The highest BCUT2D eigenvalue weighted by Crippen LogP contribution is 2.11. The highest BCUT2D eigenvalue weighted by atomic mass is 16.2. The quantitative estimate of drug-likeness (QED) is 0.778. The van der Waals surface area contributed by atoms with E-state index in [1.807, 2.05) is 18.9 Å². The number of hydrogen-bond donors (Lipinski definition) is 1. The first-order valence-electron chi connectivity index (χ1n) is 6.63. The summed E-state index contributed by atoms with van der Waals surface area (Å²) in [5.74, 6) is 0.461. The number of piperidine rings is 1. The van der Waals surface area contributed by atoms with Gasteiger partial charge >= 0.3 is 0 Å². The topological polar surface area (TPSA) is 32.3 Å². The van der Waals surface area contributed by atoms with Gasteiger partial charge in [0.2, 0.25) is 5.91 Å². The minimum atomic E-state index is 0.171. The molecule has 1 heterocycles. The second-order valence-electron chi connectivity index (χ2n) is 5.00. The van der Waals surface area contributed by atoms with E-state index in [0.29, 0.717) is 11.9 Å². The molecule has 2 atom stereocenters. The predicted octanol–water partition coefficient (Wildman–Crippen LogP) is 2.02. The number of nitrogens with zero attached hydrogens (tertiary/aromatic N) is 1. The number of carbonyl (C=O) groups excluding carboxylic acids is 1. The summed E-state index contributed by atoms with van der Waals surface area (Å²) in [6.07, 6.45) is 5.94. The van der Waals surface area contributed by atoms with E-state index in [1.54, 1.807) is 0 Å². The van der Waals surface area contributed by atoms with Crippen LogP contribution in [0.15, 0.2) is 0 Å². The molecule has 94 valence electrons. The molecule has 2 unspecified atom stereocenters. The molecule has 3 heteroatoms. The first-order chi connectivity index (χ1) is 7.65. The molecule has 0 saturated carbocycles. The monoisotopic (exact) mass is 226 g/mol. The molecule has 3 nitrogen and oxygen atoms in total. The Balaban J connectivity index is 2.22. The highest BCUT2D eigenvalue weighted by molar-refractivity contribution is 5.78. The lowest BCUT2D eigenvalue weighted by molar-refractivity contribution is -0.133. The van der Waals surface area contributed by atoms with Crippen molar-refractivity contribution < 1.29 is 4.79 Å². The molecule has 16 heavy (non-hydrogen) atoms. The van der Waals surface area contributed by atoms with Gasteiger partial charge in [0.25, 0.3) is 0 Å². The summed E-state index contributed by atoms with van der Waals surface area (Å²) in [6, 6.07) is 0.626. The van der Waals surface area contributed by atoms with Crippen molar-refractivity contribution >= 4 is 5.91 Å². The minimum Gasteiger partial charge on any atom is -0.345 e. The largest absolute Gasteiger partial charge is 0.345 e. The molecule has 0 aromatic heterocycles. The van der Waals surface area contributed by atoms with Gasteiger partial charge in [-0.15, -0.1) is 0 Å². The van der Waals surface area contributed by atoms with Crippen molar-refractivity contribution in [1.29, 1.82) is 0 Å². The Labute approximate surface area is 99.6 Å². The fourth-order valence-electron chi connectivity index (χ4n) is 2.18. The Kier molecular flexibility index (Phi) is 5.81. The summed E-state index contributed by atoms with van der Waals surface area (Å²) in [5, 5.41) is 3.52. The minimum absolute atomic E-state index is 0.171. The van der Waals surface area contributed by atoms with Crippen LogP contribution >= 0.6 is 0 Å². The summed E-state index contributed by atoms with van der Waals surface area (Å²) in [4.78, 5) is 13.7. The van der Waals surface area contributed by atoms with Gasteiger partial charge in [-0.3, -0.25) is 4.79 Å². The molecule has 0 bridgehead atoms. The molecular weight excluding hydrogens is 200 g/mol. The molecule has 0 aromatic carbocycles. The normalized spacial score (nSPS) is 22.8. The van der Waals surface area contributed by atoms with Crippen LogP contribution in [0.2, 0.25) is 0 Å². The van der Waals surface area contributed by atoms with Gasteiger partial charge in [0.1, 0.15) is 0 Å². The van der Waals surface area contributed by atoms with E-state index in [4.69, 9.17) is 0 Å². The lowest BCUT2D eigenvalue weighted by atomic mass is 10.0. The van der Waals surface area contributed by atoms with E-state index in [-0.39, 0.29) is 5.92 Å². The Morgan fingerprint density at radius 1 is 1.50 bits per heavy atom. The van der Waals surface area contributed by atoms with E-state index in [2.05, 4.69) is 12.2 Å². The molecule has 1 aliphatic heterocycles. The van der Waals surface area contributed by atoms with Gasteiger partial charge in [-0.25, -0.2) is 0 Å². The van der Waals surface area contributed by atoms with Crippen LogP contribution in [0.25, 0.3) is 0 Å². The molecule has 1 aliphatic rings. The second kappa shape index (κ2) is 6.89. The Morgan fingerprint density at radius 2 is 2.25 bits per heavy atom. The van der Waals surface area contributed by atoms with Crippen molar-refractivity contribution in [2.75, 3.05) is 20.1 Å². The molecule has 0 aliphatic carbocycles. The molecule has 1 saturated heterocycles. The van der Waals surface area contributed by atoms with E-state index < -0.39 is 0 Å². The van der Waals surface area contributed by atoms with Crippen molar-refractivity contribution in [3.63, 3.8) is 0 Å². The van der Waals surface area contributed by atoms with Crippen LogP contribution in [-0.2, 0) is 4.79 Å². The predicted molar refractivity (Wildman–Crippen MR) is 67.4 cm³/mol. The SMILES string of the molecule is CCC(C)C(=O)N(C)CCC1CCCCN1. The third-order valence-electron chi connectivity index (χ3n) is 3.64. The van der Waals surface area contributed by atoms with E-state index in [0.717, 1.165) is 25.9 Å². The Bertz CT molecular complexity index is 212. The molecule has 1 N–H and O–H groups in total. The van der Waals surface area contributed by atoms with E-state index in [1.165, 1.54) is 19.3 Å². The van der Waals surface area contributed by atoms with Crippen molar-refractivity contribution in [3.05, 3.63) is 0 Å². The van der Waals surface area contributed by atoms with Crippen molar-refractivity contribution in [2.24, 2.45) is 5.92 Å². The molecule has 0 aromatic rings. The summed E-state index contributed by atoms with van der Waals surface area (Å²) in [6.45, 7) is 6.12. The molecule has 1 fully saturated rings. The third kappa shape index (κ3) is 4.12. The van der Waals surface area contributed by atoms with Crippen LogP contribution in [0.5, 0.6) is 0 Å². The van der Waals surface area contributed by atoms with Crippen molar-refractivity contribution in [1.82, 2.24) is 10.2 Å². The lowest BCUT2D eigenvalue weighted by Gasteiger charge is -2.27. The van der Waals surface area contributed by atoms with Crippen LogP contribution in [0.3, 0.4) is 0 Å². The number of amides is 1. The van der Waals surface area contributed by atoms with E-state index in [9.17, 15) is 4.79 Å². The van der Waals surface area contributed by atoms with E-state index >= 15 is 0 Å². The summed E-state index contributed by atoms with van der Waals surface area (Å²) < 4.78 is 0. The van der Waals surface area contributed by atoms with Crippen LogP contribution in [0.4, 0.5) is 0 Å². The Morgan fingerprint density at radius 3 is 2.81 bits per heavy atom. The average Bonchev–Trinajstić information content (AvgIpc) is 2.35. The standard InChI is InChI=1S/C13H26N2O/c1-4-11(2)13(16)15(3)10-8-12-7-5-6-9-14-12/h11-12,14H,4-10H2,1-3H3. The number of hydrogen-bond acceptors (Lipinski definition) is 2. The van der Waals surface area contributed by atoms with Crippen molar-refractivity contribution in [2.45, 2.75) is 52.0 Å². The molecule has 1 amide bonds. The fourth-order valence-corrected chi connectivity index (χ4v) is 2.18. The van der Waals surface area contributed by atoms with Gasteiger partial charge in [-0.1, -0.05) is 20.3 Å². The summed E-state index contributed by atoms with van der Waals surface area (Å²) in [7, 11) is 1.93. The summed E-state index contributed by atoms with van der Waals surface area (Å²) >= 11 is 0. The average molecular weight is 226 g/mol. The van der Waals surface area contributed by atoms with Gasteiger partial charge < -0.3 is 10.2 Å². The fraction of sp³-hybridized carbons (Fsp3) is 0.923. The molecule has 0 spiro atoms. The van der Waals surface area contributed by atoms with Gasteiger partial charge in [0.15, 0.2) is 0 Å². The third-order valence-corrected chi connectivity index (χ3v) is 3.64. The van der Waals surface area contributed by atoms with Crippen LogP contribution in [0.1, 0.15) is 46.0 Å². The highest BCUT2D eigenvalue weighted by Gasteiger charge is 2.18. The van der Waals surface area contributed by atoms with Gasteiger partial charge in [0, 0.05) is 25.6 Å². The zero-order chi connectivity index (χ0) is 12.0. The summed E-state index contributed by atoms with van der Waals surface area (Å²) in [5.41, 5.74) is 0.